The van der Waals surface area contributed by atoms with E-state index in [9.17, 15) is 4.79 Å². The molecule has 28 heavy (non-hydrogen) atoms. The molecule has 0 radical (unpaired) electrons. The van der Waals surface area contributed by atoms with Crippen molar-refractivity contribution in [3.63, 3.8) is 0 Å². The first kappa shape index (κ1) is 17.4. The molecule has 2 fully saturated rings. The minimum atomic E-state index is -0.511. The van der Waals surface area contributed by atoms with E-state index in [4.69, 9.17) is 4.52 Å². The number of rotatable bonds is 5. The van der Waals surface area contributed by atoms with Crippen molar-refractivity contribution in [1.82, 2.24) is 15.5 Å². The van der Waals surface area contributed by atoms with E-state index in [-0.39, 0.29) is 5.91 Å². The van der Waals surface area contributed by atoms with Crippen LogP contribution in [0.2, 0.25) is 0 Å². The van der Waals surface area contributed by atoms with Crippen LogP contribution in [0.5, 0.6) is 0 Å². The highest BCUT2D eigenvalue weighted by Crippen LogP contribution is 2.42. The van der Waals surface area contributed by atoms with Crippen molar-refractivity contribution in [1.29, 1.82) is 0 Å². The summed E-state index contributed by atoms with van der Waals surface area (Å²) in [6.07, 6.45) is 7.03. The third-order valence-electron chi connectivity index (χ3n) is 6.01. The van der Waals surface area contributed by atoms with Crippen molar-refractivity contribution < 1.29 is 9.32 Å². The Morgan fingerprint density at radius 3 is 2.61 bits per heavy atom. The number of hydrazone groups is 1. The van der Waals surface area contributed by atoms with Gasteiger partial charge in [0.1, 0.15) is 5.54 Å². The van der Waals surface area contributed by atoms with Crippen molar-refractivity contribution in [3.05, 3.63) is 41.5 Å². The number of amides is 1. The molecule has 1 aliphatic heterocycles. The van der Waals surface area contributed by atoms with Crippen molar-refractivity contribution in [2.75, 3.05) is 11.6 Å². The molecule has 2 heterocycles. The molecule has 146 valence electrons. The number of nitrogens with zero attached hydrogens (tertiary/aromatic N) is 4. The van der Waals surface area contributed by atoms with Gasteiger partial charge in [0.2, 0.25) is 5.89 Å². The Hall–Kier alpha value is -2.70. The predicted molar refractivity (Wildman–Crippen MR) is 105 cm³/mol. The summed E-state index contributed by atoms with van der Waals surface area (Å²) in [4.78, 5) is 17.6. The maximum Gasteiger partial charge on any atom is 0.252 e. The molecule has 7 nitrogen and oxygen atoms in total. The summed E-state index contributed by atoms with van der Waals surface area (Å²) in [7, 11) is 0. The highest BCUT2D eigenvalue weighted by Gasteiger charge is 2.42. The maximum atomic E-state index is 13.0. The van der Waals surface area contributed by atoms with Crippen LogP contribution >= 0.6 is 0 Å². The number of nitrogens with one attached hydrogen (secondary N) is 1. The topological polar surface area (TPSA) is 83.6 Å². The van der Waals surface area contributed by atoms with Crippen molar-refractivity contribution in [2.24, 2.45) is 5.10 Å². The standard InChI is InChI=1S/C21H25N5O2/c1-14-10-13-26(24-14)17-8-6-15(7-9-17)18(27)23-21(11-2-3-12-21)20-22-19(28-25-20)16-4-5-16/h6-9,16H,2-5,10-13H2,1H3,(H,23,27). The smallest absolute Gasteiger partial charge is 0.252 e. The molecule has 0 atom stereocenters. The van der Waals surface area contributed by atoms with E-state index in [0.29, 0.717) is 17.3 Å². The summed E-state index contributed by atoms with van der Waals surface area (Å²) >= 11 is 0. The number of anilines is 1. The number of carbonyl (C=O) groups is 1. The highest BCUT2D eigenvalue weighted by molar-refractivity contribution is 5.95. The normalized spacial score (nSPS) is 21.0. The fourth-order valence-electron chi connectivity index (χ4n) is 4.14. The molecule has 5 rings (SSSR count). The molecule has 1 aromatic heterocycles. The quantitative estimate of drug-likeness (QED) is 0.856. The largest absolute Gasteiger partial charge is 0.339 e. The van der Waals surface area contributed by atoms with Gasteiger partial charge in [0.25, 0.3) is 5.91 Å². The summed E-state index contributed by atoms with van der Waals surface area (Å²) in [5, 5.41) is 13.9. The zero-order valence-electron chi connectivity index (χ0n) is 16.1. The lowest BCUT2D eigenvalue weighted by Gasteiger charge is -2.27. The van der Waals surface area contributed by atoms with Gasteiger partial charge >= 0.3 is 0 Å². The van der Waals surface area contributed by atoms with E-state index in [2.05, 4.69) is 20.6 Å². The minimum absolute atomic E-state index is 0.0904. The van der Waals surface area contributed by atoms with Crippen LogP contribution in [0.4, 0.5) is 5.69 Å². The molecule has 0 unspecified atom stereocenters. The Morgan fingerprint density at radius 1 is 1.21 bits per heavy atom. The van der Waals surface area contributed by atoms with Gasteiger partial charge in [0, 0.05) is 30.2 Å². The Balaban J connectivity index is 1.33. The lowest BCUT2D eigenvalue weighted by atomic mass is 9.95. The monoisotopic (exact) mass is 379 g/mol. The lowest BCUT2D eigenvalue weighted by molar-refractivity contribution is 0.0892. The molecular weight excluding hydrogens is 354 g/mol. The second-order valence-corrected chi connectivity index (χ2v) is 8.23. The summed E-state index contributed by atoms with van der Waals surface area (Å²) in [5.41, 5.74) is 2.27. The van der Waals surface area contributed by atoms with E-state index in [1.807, 2.05) is 36.2 Å². The fraction of sp³-hybridized carbons (Fsp3) is 0.524. The van der Waals surface area contributed by atoms with Crippen LogP contribution in [-0.2, 0) is 5.54 Å². The van der Waals surface area contributed by atoms with Gasteiger partial charge < -0.3 is 9.84 Å². The van der Waals surface area contributed by atoms with Gasteiger partial charge in [-0.15, -0.1) is 0 Å². The third-order valence-corrected chi connectivity index (χ3v) is 6.01. The molecule has 7 heteroatoms. The van der Waals surface area contributed by atoms with Gasteiger partial charge in [-0.25, -0.2) is 0 Å². The molecule has 1 amide bonds. The van der Waals surface area contributed by atoms with Crippen molar-refractivity contribution in [3.8, 4) is 0 Å². The van der Waals surface area contributed by atoms with Crippen LogP contribution in [0.15, 0.2) is 33.9 Å². The average Bonchev–Trinajstić information content (AvgIpc) is 3.11. The molecule has 0 saturated heterocycles. The fourth-order valence-corrected chi connectivity index (χ4v) is 4.14. The van der Waals surface area contributed by atoms with Gasteiger partial charge in [0.05, 0.1) is 5.69 Å². The Labute approximate surface area is 164 Å². The molecule has 2 aromatic rings. The summed E-state index contributed by atoms with van der Waals surface area (Å²) in [6, 6.07) is 7.64. The van der Waals surface area contributed by atoms with E-state index in [1.165, 1.54) is 0 Å². The lowest BCUT2D eigenvalue weighted by Crippen LogP contribution is -2.44. The number of hydrogen-bond acceptors (Lipinski definition) is 6. The SMILES string of the molecule is CC1=NN(c2ccc(C(=O)NC3(c4noc(C5CC5)n4)CCCC3)cc2)CC1. The van der Waals surface area contributed by atoms with E-state index in [0.717, 1.165) is 68.8 Å². The van der Waals surface area contributed by atoms with Gasteiger partial charge in [0.15, 0.2) is 5.82 Å². The molecule has 1 aromatic carbocycles. The van der Waals surface area contributed by atoms with Gasteiger partial charge in [-0.2, -0.15) is 10.1 Å². The zero-order chi connectivity index (χ0) is 19.1. The van der Waals surface area contributed by atoms with Crippen LogP contribution in [0.1, 0.15) is 79.9 Å². The maximum absolute atomic E-state index is 13.0. The van der Waals surface area contributed by atoms with E-state index < -0.39 is 5.54 Å². The second kappa shape index (κ2) is 6.72. The number of aromatic nitrogens is 2. The van der Waals surface area contributed by atoms with Crippen molar-refractivity contribution in [2.45, 2.75) is 63.3 Å². The Morgan fingerprint density at radius 2 is 1.96 bits per heavy atom. The van der Waals surface area contributed by atoms with E-state index >= 15 is 0 Å². The van der Waals surface area contributed by atoms with Crippen LogP contribution < -0.4 is 10.3 Å². The number of benzene rings is 1. The molecular formula is C21H25N5O2. The summed E-state index contributed by atoms with van der Waals surface area (Å²) < 4.78 is 5.46. The highest BCUT2D eigenvalue weighted by atomic mass is 16.5. The van der Waals surface area contributed by atoms with Gasteiger partial charge in [-0.3, -0.25) is 9.80 Å². The second-order valence-electron chi connectivity index (χ2n) is 8.23. The molecule has 2 aliphatic carbocycles. The molecule has 3 aliphatic rings. The molecule has 0 spiro atoms. The Bertz CT molecular complexity index is 907. The van der Waals surface area contributed by atoms with Gasteiger partial charge in [-0.1, -0.05) is 18.0 Å². The number of carbonyl (C=O) groups excluding carboxylic acids is 1. The van der Waals surface area contributed by atoms with Crippen LogP contribution in [0, 0.1) is 0 Å². The molecule has 1 N–H and O–H groups in total. The van der Waals surface area contributed by atoms with Crippen molar-refractivity contribution >= 4 is 17.3 Å². The summed E-state index contributed by atoms with van der Waals surface area (Å²) in [5.74, 6) is 1.69. The molecule has 0 bridgehead atoms. The Kier molecular flexibility index (Phi) is 4.18. The predicted octanol–water partition coefficient (Wildman–Crippen LogP) is 3.73. The first-order chi connectivity index (χ1) is 13.6. The van der Waals surface area contributed by atoms with E-state index in [1.54, 1.807) is 0 Å². The number of hydrogen-bond donors (Lipinski definition) is 1. The van der Waals surface area contributed by atoms with Crippen LogP contribution in [-0.4, -0.2) is 28.3 Å². The summed E-state index contributed by atoms with van der Waals surface area (Å²) in [6.45, 7) is 2.93. The first-order valence-electron chi connectivity index (χ1n) is 10.2. The first-order valence-corrected chi connectivity index (χ1v) is 10.2. The molecule has 2 saturated carbocycles. The van der Waals surface area contributed by atoms with Crippen LogP contribution in [0.3, 0.4) is 0 Å². The third kappa shape index (κ3) is 3.19. The van der Waals surface area contributed by atoms with Gasteiger partial charge in [-0.05, 0) is 56.9 Å². The van der Waals surface area contributed by atoms with Crippen LogP contribution in [0.25, 0.3) is 0 Å². The zero-order valence-corrected chi connectivity index (χ0v) is 16.1. The minimum Gasteiger partial charge on any atom is -0.339 e. The average molecular weight is 379 g/mol.